The maximum atomic E-state index is 11.3. The highest BCUT2D eigenvalue weighted by Crippen LogP contribution is 2.17. The van der Waals surface area contributed by atoms with Gasteiger partial charge in [-0.25, -0.2) is 0 Å². The van der Waals surface area contributed by atoms with Crippen LogP contribution in [-0.2, 0) is 19.1 Å². The molecule has 17 heavy (non-hydrogen) atoms. The largest absolute Gasteiger partial charge is 0.466 e. The summed E-state index contributed by atoms with van der Waals surface area (Å²) in [5, 5.41) is 0. The number of hydrogen-bond acceptors (Lipinski definition) is 4. The van der Waals surface area contributed by atoms with Gasteiger partial charge in [-0.1, -0.05) is 12.2 Å². The van der Waals surface area contributed by atoms with E-state index >= 15 is 0 Å². The molecule has 0 amide bonds. The lowest BCUT2D eigenvalue weighted by Crippen LogP contribution is -2.15. The number of rotatable bonds is 6. The quantitative estimate of drug-likeness (QED) is 0.527. The van der Waals surface area contributed by atoms with Gasteiger partial charge in [0.1, 0.15) is 0 Å². The van der Waals surface area contributed by atoms with E-state index in [2.05, 4.69) is 12.2 Å². The Balaban J connectivity index is 2.10. The Kier molecular flexibility index (Phi) is 6.37. The van der Waals surface area contributed by atoms with E-state index in [4.69, 9.17) is 9.47 Å². The van der Waals surface area contributed by atoms with E-state index in [0.717, 1.165) is 19.3 Å². The molecule has 0 aromatic rings. The van der Waals surface area contributed by atoms with Crippen molar-refractivity contribution in [3.05, 3.63) is 12.2 Å². The predicted octanol–water partition coefficient (Wildman–Crippen LogP) is 2.23. The number of carbonyl (C=O) groups is 2. The fraction of sp³-hybridized carbons (Fsp3) is 0.692. The molecule has 1 aliphatic rings. The van der Waals surface area contributed by atoms with Gasteiger partial charge in [0, 0.05) is 5.92 Å². The molecule has 1 aliphatic carbocycles. The van der Waals surface area contributed by atoms with Crippen molar-refractivity contribution in [1.82, 2.24) is 0 Å². The average Bonchev–Trinajstić information content (AvgIpc) is 2.35. The zero-order chi connectivity index (χ0) is 12.5. The molecule has 96 valence electrons. The summed E-state index contributed by atoms with van der Waals surface area (Å²) in [5.41, 5.74) is 0. The van der Waals surface area contributed by atoms with Gasteiger partial charge in [-0.15, -0.1) is 0 Å². The lowest BCUT2D eigenvalue weighted by Gasteiger charge is -2.15. The van der Waals surface area contributed by atoms with E-state index < -0.39 is 0 Å². The van der Waals surface area contributed by atoms with Gasteiger partial charge in [0.05, 0.1) is 26.1 Å². The maximum absolute atomic E-state index is 11.3. The van der Waals surface area contributed by atoms with Crippen LogP contribution in [0.15, 0.2) is 12.2 Å². The first-order chi connectivity index (χ1) is 8.22. The molecular weight excluding hydrogens is 220 g/mol. The summed E-state index contributed by atoms with van der Waals surface area (Å²) in [5.74, 6) is -0.325. The lowest BCUT2D eigenvalue weighted by molar-refractivity contribution is -0.150. The van der Waals surface area contributed by atoms with E-state index in [1.54, 1.807) is 6.92 Å². The molecule has 0 bridgehead atoms. The second-order valence-corrected chi connectivity index (χ2v) is 4.11. The zero-order valence-electron chi connectivity index (χ0n) is 10.3. The summed E-state index contributed by atoms with van der Waals surface area (Å²) in [6.07, 6.45) is 7.78. The van der Waals surface area contributed by atoms with Gasteiger partial charge in [0.25, 0.3) is 0 Å². The fourth-order valence-corrected chi connectivity index (χ4v) is 1.73. The minimum atomic E-state index is -0.345. The second-order valence-electron chi connectivity index (χ2n) is 4.11. The third kappa shape index (κ3) is 6.09. The van der Waals surface area contributed by atoms with Gasteiger partial charge in [-0.05, 0) is 26.2 Å². The highest BCUT2D eigenvalue weighted by molar-refractivity contribution is 5.77. The van der Waals surface area contributed by atoms with Crippen LogP contribution in [0.25, 0.3) is 0 Å². The summed E-state index contributed by atoms with van der Waals surface area (Å²) in [4.78, 5) is 22.4. The molecule has 0 fully saturated rings. The highest BCUT2D eigenvalue weighted by Gasteiger charge is 2.13. The topological polar surface area (TPSA) is 52.6 Å². The van der Waals surface area contributed by atoms with E-state index in [1.807, 2.05) is 0 Å². The van der Waals surface area contributed by atoms with Crippen LogP contribution in [0.1, 0.15) is 39.0 Å². The average molecular weight is 240 g/mol. The van der Waals surface area contributed by atoms with Crippen LogP contribution < -0.4 is 0 Å². The first-order valence-corrected chi connectivity index (χ1v) is 6.20. The smallest absolute Gasteiger partial charge is 0.306 e. The first kappa shape index (κ1) is 13.7. The number of esters is 2. The Morgan fingerprint density at radius 3 is 2.53 bits per heavy atom. The summed E-state index contributed by atoms with van der Waals surface area (Å²) < 4.78 is 9.84. The highest BCUT2D eigenvalue weighted by atomic mass is 16.5. The van der Waals surface area contributed by atoms with E-state index in [0.29, 0.717) is 19.1 Å². The van der Waals surface area contributed by atoms with Crippen molar-refractivity contribution >= 4 is 11.9 Å². The van der Waals surface area contributed by atoms with Crippen LogP contribution >= 0.6 is 0 Å². The molecule has 1 atom stereocenters. The molecule has 0 radical (unpaired) electrons. The molecule has 0 N–H and O–H groups in total. The Labute approximate surface area is 102 Å². The monoisotopic (exact) mass is 240 g/mol. The standard InChI is InChI=1S/C13H20O4/c1-2-16-12(14)8-9-13(15)17-10-11-6-4-3-5-7-11/h4,6,11H,2-3,5,7-10H2,1H3. The molecule has 0 aliphatic heterocycles. The Morgan fingerprint density at radius 2 is 1.94 bits per heavy atom. The van der Waals surface area contributed by atoms with E-state index in [9.17, 15) is 9.59 Å². The summed E-state index contributed by atoms with van der Waals surface area (Å²) >= 11 is 0. The predicted molar refractivity (Wildman–Crippen MR) is 63.3 cm³/mol. The molecule has 0 saturated heterocycles. The van der Waals surface area contributed by atoms with Gasteiger partial charge in [-0.2, -0.15) is 0 Å². The van der Waals surface area contributed by atoms with Crippen molar-refractivity contribution in [3.63, 3.8) is 0 Å². The third-order valence-corrected chi connectivity index (χ3v) is 2.65. The van der Waals surface area contributed by atoms with Crippen molar-refractivity contribution in [1.29, 1.82) is 0 Å². The molecule has 1 unspecified atom stereocenters. The van der Waals surface area contributed by atoms with E-state index in [1.165, 1.54) is 0 Å². The number of hydrogen-bond donors (Lipinski definition) is 0. The fourth-order valence-electron chi connectivity index (χ4n) is 1.73. The second kappa shape index (κ2) is 7.87. The van der Waals surface area contributed by atoms with Crippen LogP contribution in [0.5, 0.6) is 0 Å². The Bertz CT molecular complexity index is 283. The molecule has 0 aromatic carbocycles. The van der Waals surface area contributed by atoms with Crippen molar-refractivity contribution < 1.29 is 19.1 Å². The van der Waals surface area contributed by atoms with Crippen LogP contribution in [0.4, 0.5) is 0 Å². The van der Waals surface area contributed by atoms with Crippen LogP contribution in [-0.4, -0.2) is 25.2 Å². The minimum Gasteiger partial charge on any atom is -0.466 e. The summed E-state index contributed by atoms with van der Waals surface area (Å²) in [6, 6.07) is 0. The van der Waals surface area contributed by atoms with Crippen LogP contribution in [0, 0.1) is 5.92 Å². The minimum absolute atomic E-state index is 0.104. The van der Waals surface area contributed by atoms with E-state index in [-0.39, 0.29) is 24.8 Å². The number of carbonyl (C=O) groups excluding carboxylic acids is 2. The molecule has 4 heteroatoms. The summed E-state index contributed by atoms with van der Waals surface area (Å²) in [6.45, 7) is 2.52. The molecule has 0 aromatic heterocycles. The molecular formula is C13H20O4. The maximum Gasteiger partial charge on any atom is 0.306 e. The Morgan fingerprint density at radius 1 is 1.24 bits per heavy atom. The molecule has 0 saturated carbocycles. The number of ether oxygens (including phenoxy) is 2. The van der Waals surface area contributed by atoms with Gasteiger partial charge in [0.2, 0.25) is 0 Å². The lowest BCUT2D eigenvalue weighted by atomic mass is 9.97. The molecule has 1 rings (SSSR count). The number of allylic oxidation sites excluding steroid dienone is 1. The molecule has 0 heterocycles. The van der Waals surface area contributed by atoms with Crippen LogP contribution in [0.2, 0.25) is 0 Å². The van der Waals surface area contributed by atoms with Gasteiger partial charge in [-0.3, -0.25) is 9.59 Å². The molecule has 0 spiro atoms. The van der Waals surface area contributed by atoms with Crippen molar-refractivity contribution in [2.45, 2.75) is 39.0 Å². The van der Waals surface area contributed by atoms with Gasteiger partial charge >= 0.3 is 11.9 Å². The third-order valence-electron chi connectivity index (χ3n) is 2.65. The molecule has 4 nitrogen and oxygen atoms in total. The van der Waals surface area contributed by atoms with Crippen molar-refractivity contribution in [3.8, 4) is 0 Å². The summed E-state index contributed by atoms with van der Waals surface area (Å²) in [7, 11) is 0. The first-order valence-electron chi connectivity index (χ1n) is 6.20. The normalized spacial score (nSPS) is 18.8. The van der Waals surface area contributed by atoms with Crippen LogP contribution in [0.3, 0.4) is 0 Å². The van der Waals surface area contributed by atoms with Gasteiger partial charge in [0.15, 0.2) is 0 Å². The van der Waals surface area contributed by atoms with Gasteiger partial charge < -0.3 is 9.47 Å². The van der Waals surface area contributed by atoms with Crippen molar-refractivity contribution in [2.24, 2.45) is 5.92 Å². The SMILES string of the molecule is CCOC(=O)CCC(=O)OCC1C=CCCC1. The zero-order valence-corrected chi connectivity index (χ0v) is 10.3. The Hall–Kier alpha value is -1.32. The van der Waals surface area contributed by atoms with Crippen molar-refractivity contribution in [2.75, 3.05) is 13.2 Å².